The molecular formula is C19H28IN5O. The fourth-order valence-electron chi connectivity index (χ4n) is 3.68. The van der Waals surface area contributed by atoms with Crippen molar-refractivity contribution in [3.63, 3.8) is 0 Å². The van der Waals surface area contributed by atoms with E-state index < -0.39 is 0 Å². The minimum atomic E-state index is 0. The molecule has 0 aliphatic carbocycles. The van der Waals surface area contributed by atoms with Crippen molar-refractivity contribution in [3.8, 4) is 0 Å². The van der Waals surface area contributed by atoms with Gasteiger partial charge in [0.05, 0.1) is 6.54 Å². The Morgan fingerprint density at radius 2 is 2.12 bits per heavy atom. The van der Waals surface area contributed by atoms with E-state index in [1.54, 1.807) is 6.92 Å². The molecule has 0 radical (unpaired) electrons. The summed E-state index contributed by atoms with van der Waals surface area (Å²) in [5.41, 5.74) is 1.46. The minimum Gasteiger partial charge on any atom is -0.349 e. The van der Waals surface area contributed by atoms with Crippen molar-refractivity contribution < 1.29 is 4.52 Å². The van der Waals surface area contributed by atoms with Crippen LogP contribution < -0.4 is 5.32 Å². The van der Waals surface area contributed by atoms with Crippen LogP contribution in [0.25, 0.3) is 0 Å². The third kappa shape index (κ3) is 4.96. The zero-order valence-corrected chi connectivity index (χ0v) is 18.0. The van der Waals surface area contributed by atoms with Gasteiger partial charge in [-0.15, -0.1) is 24.0 Å². The number of aryl methyl sites for hydroxylation is 1. The van der Waals surface area contributed by atoms with E-state index >= 15 is 0 Å². The molecule has 2 heterocycles. The van der Waals surface area contributed by atoms with Crippen molar-refractivity contribution >= 4 is 29.9 Å². The summed E-state index contributed by atoms with van der Waals surface area (Å²) in [5.74, 6) is 3.40. The van der Waals surface area contributed by atoms with Crippen molar-refractivity contribution in [2.45, 2.75) is 39.2 Å². The van der Waals surface area contributed by atoms with Crippen molar-refractivity contribution in [2.24, 2.45) is 10.9 Å². The van der Waals surface area contributed by atoms with Crippen LogP contribution in [0.4, 0.5) is 0 Å². The second-order valence-electron chi connectivity index (χ2n) is 6.55. The van der Waals surface area contributed by atoms with Crippen LogP contribution in [0.15, 0.2) is 39.8 Å². The molecule has 142 valence electrons. The fourth-order valence-corrected chi connectivity index (χ4v) is 3.68. The third-order valence-electron chi connectivity index (χ3n) is 4.97. The smallest absolute Gasteiger partial charge is 0.223 e. The highest BCUT2D eigenvalue weighted by Gasteiger charge is 2.30. The van der Waals surface area contributed by atoms with Gasteiger partial charge in [0.15, 0.2) is 11.8 Å². The molecule has 1 aliphatic rings. The lowest BCUT2D eigenvalue weighted by Gasteiger charge is -2.40. The second kappa shape index (κ2) is 9.89. The van der Waals surface area contributed by atoms with Crippen molar-refractivity contribution in [1.29, 1.82) is 0 Å². The molecule has 2 unspecified atom stereocenters. The maximum Gasteiger partial charge on any atom is 0.223 e. The predicted octanol–water partition coefficient (Wildman–Crippen LogP) is 3.59. The first kappa shape index (κ1) is 20.7. The van der Waals surface area contributed by atoms with Crippen molar-refractivity contribution in [1.82, 2.24) is 20.4 Å². The molecule has 7 heteroatoms. The highest BCUT2D eigenvalue weighted by molar-refractivity contribution is 14.0. The molecule has 1 aromatic heterocycles. The van der Waals surface area contributed by atoms with Gasteiger partial charge in [-0.3, -0.25) is 4.99 Å². The molecule has 0 spiro atoms. The lowest BCUT2D eigenvalue weighted by molar-refractivity contribution is 0.215. The summed E-state index contributed by atoms with van der Waals surface area (Å²) in [4.78, 5) is 11.0. The van der Waals surface area contributed by atoms with Gasteiger partial charge < -0.3 is 14.7 Å². The highest BCUT2D eigenvalue weighted by Crippen LogP contribution is 2.34. The third-order valence-corrected chi connectivity index (χ3v) is 4.97. The van der Waals surface area contributed by atoms with Gasteiger partial charge in [0.2, 0.25) is 5.89 Å². The van der Waals surface area contributed by atoms with Crippen LogP contribution in [0.1, 0.15) is 43.0 Å². The molecule has 3 rings (SSSR count). The summed E-state index contributed by atoms with van der Waals surface area (Å²) in [6, 6.07) is 10.9. The first-order valence-corrected chi connectivity index (χ1v) is 9.01. The summed E-state index contributed by atoms with van der Waals surface area (Å²) in [7, 11) is 1.83. The average molecular weight is 469 g/mol. The van der Waals surface area contributed by atoms with Gasteiger partial charge in [-0.05, 0) is 23.8 Å². The molecule has 1 aliphatic heterocycles. The van der Waals surface area contributed by atoms with E-state index in [9.17, 15) is 0 Å². The molecule has 0 bridgehead atoms. The van der Waals surface area contributed by atoms with Gasteiger partial charge in [-0.25, -0.2) is 0 Å². The molecule has 2 atom stereocenters. The number of nitrogens with one attached hydrogen (secondary N) is 1. The molecule has 1 aromatic carbocycles. The Kier molecular flexibility index (Phi) is 7.86. The largest absolute Gasteiger partial charge is 0.349 e. The number of guanidine groups is 1. The molecule has 1 fully saturated rings. The highest BCUT2D eigenvalue weighted by atomic mass is 127. The monoisotopic (exact) mass is 469 g/mol. The van der Waals surface area contributed by atoms with Gasteiger partial charge in [-0.1, -0.05) is 48.8 Å². The number of rotatable bonds is 4. The van der Waals surface area contributed by atoms with E-state index in [0.717, 1.165) is 31.9 Å². The van der Waals surface area contributed by atoms with Gasteiger partial charge in [0.1, 0.15) is 0 Å². The standard InChI is InChI=1S/C19H27N5O.HI/c1-4-15-13-24(11-10-17(15)16-8-6-5-7-9-16)19(20-3)21-12-18-22-14(2)25-23-18;/h5-9,15,17H,4,10-13H2,1-3H3,(H,20,21);1H. The molecule has 26 heavy (non-hydrogen) atoms. The second-order valence-corrected chi connectivity index (χ2v) is 6.55. The molecule has 0 saturated carbocycles. The summed E-state index contributed by atoms with van der Waals surface area (Å²) < 4.78 is 5.02. The quantitative estimate of drug-likeness (QED) is 0.421. The maximum atomic E-state index is 5.02. The number of hydrogen-bond acceptors (Lipinski definition) is 4. The molecular weight excluding hydrogens is 441 g/mol. The van der Waals surface area contributed by atoms with Crippen molar-refractivity contribution in [3.05, 3.63) is 47.6 Å². The molecule has 6 nitrogen and oxygen atoms in total. The van der Waals surface area contributed by atoms with Gasteiger partial charge in [0, 0.05) is 27.1 Å². The van der Waals surface area contributed by atoms with E-state index in [1.165, 1.54) is 5.56 Å². The number of aromatic nitrogens is 2. The fraction of sp³-hybridized carbons (Fsp3) is 0.526. The summed E-state index contributed by atoms with van der Waals surface area (Å²) in [5, 5.41) is 7.29. The number of nitrogens with zero attached hydrogens (tertiary/aromatic N) is 4. The molecule has 1 N–H and O–H groups in total. The topological polar surface area (TPSA) is 66.5 Å². The van der Waals surface area contributed by atoms with Crippen molar-refractivity contribution in [2.75, 3.05) is 20.1 Å². The number of hydrogen-bond donors (Lipinski definition) is 1. The van der Waals surface area contributed by atoms with E-state index in [-0.39, 0.29) is 24.0 Å². The molecule has 2 aromatic rings. The molecule has 1 saturated heterocycles. The van der Waals surface area contributed by atoms with E-state index in [1.807, 2.05) is 7.05 Å². The summed E-state index contributed by atoms with van der Waals surface area (Å²) in [6.45, 7) is 6.62. The Balaban J connectivity index is 0.00000243. The van der Waals surface area contributed by atoms with Crippen LogP contribution >= 0.6 is 24.0 Å². The van der Waals surface area contributed by atoms with E-state index in [2.05, 4.69) is 62.6 Å². The lowest BCUT2D eigenvalue weighted by atomic mass is 9.79. The Morgan fingerprint density at radius 3 is 2.73 bits per heavy atom. The Hall–Kier alpha value is -1.64. The van der Waals surface area contributed by atoms with Gasteiger partial charge >= 0.3 is 0 Å². The SMILES string of the molecule is CCC1CN(C(=NC)NCc2noc(C)n2)CCC1c1ccccc1.I. The van der Waals surface area contributed by atoms with Gasteiger partial charge in [-0.2, -0.15) is 4.98 Å². The summed E-state index contributed by atoms with van der Waals surface area (Å²) >= 11 is 0. The Bertz CT molecular complexity index is 703. The van der Waals surface area contributed by atoms with Crippen LogP contribution in [0.3, 0.4) is 0 Å². The van der Waals surface area contributed by atoms with E-state index in [0.29, 0.717) is 30.1 Å². The number of halogens is 1. The zero-order chi connectivity index (χ0) is 17.6. The van der Waals surface area contributed by atoms with Crippen LogP contribution in [-0.4, -0.2) is 41.1 Å². The predicted molar refractivity (Wildman–Crippen MR) is 114 cm³/mol. The number of aliphatic imine (C=N–C) groups is 1. The zero-order valence-electron chi connectivity index (χ0n) is 15.7. The lowest BCUT2D eigenvalue weighted by Crippen LogP contribution is -2.48. The number of likely N-dealkylation sites (tertiary alicyclic amines) is 1. The molecule has 0 amide bonds. The van der Waals surface area contributed by atoms with E-state index in [4.69, 9.17) is 4.52 Å². The van der Waals surface area contributed by atoms with Gasteiger partial charge in [0.25, 0.3) is 0 Å². The van der Waals surface area contributed by atoms with Crippen LogP contribution in [0, 0.1) is 12.8 Å². The average Bonchev–Trinajstić information content (AvgIpc) is 3.08. The minimum absolute atomic E-state index is 0. The summed E-state index contributed by atoms with van der Waals surface area (Å²) in [6.07, 6.45) is 2.31. The van der Waals surface area contributed by atoms with Crippen LogP contribution in [-0.2, 0) is 6.54 Å². The first-order chi connectivity index (χ1) is 12.2. The number of benzene rings is 1. The van der Waals surface area contributed by atoms with Crippen LogP contribution in [0.2, 0.25) is 0 Å². The Morgan fingerprint density at radius 1 is 1.35 bits per heavy atom. The number of piperidine rings is 1. The maximum absolute atomic E-state index is 5.02. The van der Waals surface area contributed by atoms with Crippen LogP contribution in [0.5, 0.6) is 0 Å². The Labute approximate surface area is 172 Å². The normalized spacial score (nSPS) is 20.6. The first-order valence-electron chi connectivity index (χ1n) is 9.01.